The van der Waals surface area contributed by atoms with Crippen LogP contribution in [0, 0.1) is 0 Å². The van der Waals surface area contributed by atoms with Crippen molar-refractivity contribution in [3.63, 3.8) is 0 Å². The van der Waals surface area contributed by atoms with Gasteiger partial charge in [0.2, 0.25) is 0 Å². The SMILES string of the molecule is CCCCCNC(=O)Nc1cnn(CC(=O)O)c1. The van der Waals surface area contributed by atoms with Gasteiger partial charge in [-0.1, -0.05) is 19.8 Å². The summed E-state index contributed by atoms with van der Waals surface area (Å²) in [6, 6.07) is -0.305. The van der Waals surface area contributed by atoms with Crippen LogP contribution >= 0.6 is 0 Å². The first kappa shape index (κ1) is 14.0. The molecular weight excluding hydrogens is 236 g/mol. The van der Waals surface area contributed by atoms with E-state index in [-0.39, 0.29) is 12.6 Å². The molecule has 1 rings (SSSR count). The predicted octanol–water partition coefficient (Wildman–Crippen LogP) is 1.28. The quantitative estimate of drug-likeness (QED) is 0.638. The number of rotatable bonds is 7. The Bertz CT molecular complexity index is 403. The summed E-state index contributed by atoms with van der Waals surface area (Å²) < 4.78 is 1.25. The van der Waals surface area contributed by atoms with E-state index in [4.69, 9.17) is 5.11 Å². The zero-order chi connectivity index (χ0) is 13.4. The number of carboxylic acid groups (broad SMARTS) is 1. The van der Waals surface area contributed by atoms with E-state index in [2.05, 4.69) is 22.7 Å². The first-order valence-corrected chi connectivity index (χ1v) is 5.91. The molecule has 0 bridgehead atoms. The van der Waals surface area contributed by atoms with Crippen molar-refractivity contribution >= 4 is 17.7 Å². The average molecular weight is 254 g/mol. The zero-order valence-corrected chi connectivity index (χ0v) is 10.3. The number of carbonyl (C=O) groups is 2. The highest BCUT2D eigenvalue weighted by Crippen LogP contribution is 2.04. The average Bonchev–Trinajstić information content (AvgIpc) is 2.71. The number of hydrogen-bond donors (Lipinski definition) is 3. The Labute approximate surface area is 105 Å². The lowest BCUT2D eigenvalue weighted by Gasteiger charge is -2.04. The third-order valence-corrected chi connectivity index (χ3v) is 2.25. The fraction of sp³-hybridized carbons (Fsp3) is 0.545. The third kappa shape index (κ3) is 5.33. The van der Waals surface area contributed by atoms with Gasteiger partial charge in [0.15, 0.2) is 0 Å². The maximum atomic E-state index is 11.4. The molecule has 1 aromatic rings. The molecule has 7 heteroatoms. The van der Waals surface area contributed by atoms with Crippen LogP contribution in [-0.2, 0) is 11.3 Å². The van der Waals surface area contributed by atoms with Gasteiger partial charge in [0.1, 0.15) is 6.54 Å². The molecule has 7 nitrogen and oxygen atoms in total. The van der Waals surface area contributed by atoms with Crippen molar-refractivity contribution in [3.05, 3.63) is 12.4 Å². The highest BCUT2D eigenvalue weighted by atomic mass is 16.4. The van der Waals surface area contributed by atoms with Crippen LogP contribution in [0.1, 0.15) is 26.2 Å². The normalized spacial score (nSPS) is 10.1. The molecule has 0 atom stereocenters. The molecule has 0 unspecified atom stereocenters. The Morgan fingerprint density at radius 1 is 1.44 bits per heavy atom. The summed E-state index contributed by atoms with van der Waals surface area (Å²) in [6.45, 7) is 2.50. The smallest absolute Gasteiger partial charge is 0.325 e. The first-order valence-electron chi connectivity index (χ1n) is 5.91. The summed E-state index contributed by atoms with van der Waals surface area (Å²) in [5.41, 5.74) is 0.476. The number of hydrogen-bond acceptors (Lipinski definition) is 3. The fourth-order valence-corrected chi connectivity index (χ4v) is 1.41. The lowest BCUT2D eigenvalue weighted by molar-refractivity contribution is -0.137. The molecule has 18 heavy (non-hydrogen) atoms. The molecule has 1 aromatic heterocycles. The van der Waals surface area contributed by atoms with Gasteiger partial charge < -0.3 is 15.7 Å². The van der Waals surface area contributed by atoms with Crippen LogP contribution in [-0.4, -0.2) is 33.4 Å². The van der Waals surface area contributed by atoms with Crippen LogP contribution in [0.4, 0.5) is 10.5 Å². The van der Waals surface area contributed by atoms with Crippen molar-refractivity contribution in [2.45, 2.75) is 32.7 Å². The molecule has 0 aromatic carbocycles. The van der Waals surface area contributed by atoms with Crippen LogP contribution in [0.15, 0.2) is 12.4 Å². The predicted molar refractivity (Wildman–Crippen MR) is 66.4 cm³/mol. The standard InChI is InChI=1S/C11H18N4O3/c1-2-3-4-5-12-11(18)14-9-6-13-15(7-9)8-10(16)17/h6-7H,2-5,8H2,1H3,(H,16,17)(H2,12,14,18). The topological polar surface area (TPSA) is 96.3 Å². The van der Waals surface area contributed by atoms with E-state index < -0.39 is 5.97 Å². The summed E-state index contributed by atoms with van der Waals surface area (Å²) >= 11 is 0. The van der Waals surface area contributed by atoms with Crippen molar-refractivity contribution in [1.29, 1.82) is 0 Å². The minimum absolute atomic E-state index is 0.222. The number of nitrogens with one attached hydrogen (secondary N) is 2. The number of carbonyl (C=O) groups excluding carboxylic acids is 1. The van der Waals surface area contributed by atoms with Gasteiger partial charge in [-0.15, -0.1) is 0 Å². The molecule has 0 radical (unpaired) electrons. The van der Waals surface area contributed by atoms with Gasteiger partial charge in [-0.05, 0) is 6.42 Å². The molecule has 0 saturated carbocycles. The number of aliphatic carboxylic acids is 1. The Kier molecular flexibility index (Phi) is 5.69. The number of urea groups is 1. The lowest BCUT2D eigenvalue weighted by Crippen LogP contribution is -2.29. The Morgan fingerprint density at radius 3 is 2.89 bits per heavy atom. The molecule has 1 heterocycles. The van der Waals surface area contributed by atoms with E-state index >= 15 is 0 Å². The summed E-state index contributed by atoms with van der Waals surface area (Å²) in [7, 11) is 0. The van der Waals surface area contributed by atoms with E-state index in [1.165, 1.54) is 17.1 Å². The minimum atomic E-state index is -0.978. The van der Waals surface area contributed by atoms with Crippen molar-refractivity contribution in [1.82, 2.24) is 15.1 Å². The largest absolute Gasteiger partial charge is 0.480 e. The Morgan fingerprint density at radius 2 is 2.22 bits per heavy atom. The van der Waals surface area contributed by atoms with E-state index in [0.29, 0.717) is 12.2 Å². The first-order chi connectivity index (χ1) is 8.61. The third-order valence-electron chi connectivity index (χ3n) is 2.25. The number of nitrogens with zero attached hydrogens (tertiary/aromatic N) is 2. The number of anilines is 1. The molecule has 2 amide bonds. The Hall–Kier alpha value is -2.05. The van der Waals surface area contributed by atoms with Crippen LogP contribution in [0.5, 0.6) is 0 Å². The molecule has 0 saturated heterocycles. The molecular formula is C11H18N4O3. The number of amides is 2. The van der Waals surface area contributed by atoms with Crippen molar-refractivity contribution in [2.75, 3.05) is 11.9 Å². The van der Waals surface area contributed by atoms with Crippen molar-refractivity contribution in [2.24, 2.45) is 0 Å². The zero-order valence-electron chi connectivity index (χ0n) is 10.3. The van der Waals surface area contributed by atoms with Crippen molar-refractivity contribution in [3.8, 4) is 0 Å². The molecule has 3 N–H and O–H groups in total. The van der Waals surface area contributed by atoms with Gasteiger partial charge in [-0.25, -0.2) is 4.79 Å². The maximum absolute atomic E-state index is 11.4. The second-order valence-corrected chi connectivity index (χ2v) is 3.91. The molecule has 0 spiro atoms. The van der Waals surface area contributed by atoms with E-state index in [0.717, 1.165) is 19.3 Å². The second kappa shape index (κ2) is 7.31. The maximum Gasteiger partial charge on any atom is 0.325 e. The van der Waals surface area contributed by atoms with Crippen molar-refractivity contribution < 1.29 is 14.7 Å². The minimum Gasteiger partial charge on any atom is -0.480 e. The van der Waals surface area contributed by atoms with Gasteiger partial charge >= 0.3 is 12.0 Å². The van der Waals surface area contributed by atoms with Crippen LogP contribution < -0.4 is 10.6 Å². The Balaban J connectivity index is 2.31. The van der Waals surface area contributed by atoms with Crippen LogP contribution in [0.2, 0.25) is 0 Å². The van der Waals surface area contributed by atoms with E-state index in [9.17, 15) is 9.59 Å². The summed E-state index contributed by atoms with van der Waals surface area (Å²) in [5, 5.41) is 17.7. The summed E-state index contributed by atoms with van der Waals surface area (Å²) in [6.07, 6.45) is 6.01. The molecule has 100 valence electrons. The van der Waals surface area contributed by atoms with E-state index in [1.807, 2.05) is 0 Å². The lowest BCUT2D eigenvalue weighted by atomic mass is 10.2. The monoisotopic (exact) mass is 254 g/mol. The molecule has 0 aliphatic rings. The van der Waals surface area contributed by atoms with Gasteiger partial charge in [0.25, 0.3) is 0 Å². The van der Waals surface area contributed by atoms with Crippen LogP contribution in [0.25, 0.3) is 0 Å². The number of aromatic nitrogens is 2. The highest BCUT2D eigenvalue weighted by molar-refractivity contribution is 5.88. The number of unbranched alkanes of at least 4 members (excludes halogenated alkanes) is 2. The molecule has 0 fully saturated rings. The molecule has 0 aliphatic heterocycles. The summed E-state index contributed by atoms with van der Waals surface area (Å²) in [4.78, 5) is 21.9. The second-order valence-electron chi connectivity index (χ2n) is 3.91. The summed E-state index contributed by atoms with van der Waals surface area (Å²) in [5.74, 6) is -0.978. The van der Waals surface area contributed by atoms with Gasteiger partial charge in [0.05, 0.1) is 11.9 Å². The van der Waals surface area contributed by atoms with Crippen LogP contribution in [0.3, 0.4) is 0 Å². The van der Waals surface area contributed by atoms with Gasteiger partial charge in [-0.2, -0.15) is 5.10 Å². The number of carboxylic acids is 1. The van der Waals surface area contributed by atoms with E-state index in [1.54, 1.807) is 0 Å². The molecule has 0 aliphatic carbocycles. The highest BCUT2D eigenvalue weighted by Gasteiger charge is 2.05. The fourth-order valence-electron chi connectivity index (χ4n) is 1.41. The van der Waals surface area contributed by atoms with Gasteiger partial charge in [0, 0.05) is 12.7 Å². The van der Waals surface area contributed by atoms with Gasteiger partial charge in [-0.3, -0.25) is 9.48 Å².